The SMILES string of the molecule is COC(=O)c1ccccc1S(=O)(=O)NC(=O)c1ccc2c(C)cc(C)nn12. The number of sulfonamides is 1. The van der Waals surface area contributed by atoms with Crippen LogP contribution in [0.2, 0.25) is 0 Å². The molecule has 1 aromatic carbocycles. The Morgan fingerprint density at radius 3 is 2.52 bits per heavy atom. The van der Waals surface area contributed by atoms with Crippen molar-refractivity contribution >= 4 is 27.4 Å². The van der Waals surface area contributed by atoms with Crippen LogP contribution < -0.4 is 4.72 Å². The molecule has 3 rings (SSSR count). The van der Waals surface area contributed by atoms with Gasteiger partial charge in [0.2, 0.25) is 0 Å². The summed E-state index contributed by atoms with van der Waals surface area (Å²) in [6.07, 6.45) is 0. The number of carbonyl (C=O) groups excluding carboxylic acids is 2. The number of hydrogen-bond acceptors (Lipinski definition) is 6. The first-order chi connectivity index (χ1) is 12.7. The first-order valence-electron chi connectivity index (χ1n) is 7.95. The number of amides is 1. The first kappa shape index (κ1) is 18.6. The van der Waals surface area contributed by atoms with Crippen molar-refractivity contribution in [1.82, 2.24) is 14.3 Å². The van der Waals surface area contributed by atoms with Crippen molar-refractivity contribution in [3.63, 3.8) is 0 Å². The van der Waals surface area contributed by atoms with Gasteiger partial charge in [-0.3, -0.25) is 4.79 Å². The zero-order valence-electron chi connectivity index (χ0n) is 14.9. The Kier molecular flexibility index (Phi) is 4.71. The molecule has 0 aliphatic rings. The molecule has 3 aromatic rings. The van der Waals surface area contributed by atoms with Crippen molar-refractivity contribution in [2.75, 3.05) is 7.11 Å². The molecule has 0 aliphatic heterocycles. The predicted octanol–water partition coefficient (Wildman–Crippen LogP) is 1.86. The molecule has 0 saturated carbocycles. The number of esters is 1. The molecule has 0 atom stereocenters. The zero-order valence-corrected chi connectivity index (χ0v) is 15.7. The molecule has 0 unspecified atom stereocenters. The third kappa shape index (κ3) is 3.41. The summed E-state index contributed by atoms with van der Waals surface area (Å²) in [5.74, 6) is -1.67. The van der Waals surface area contributed by atoms with Gasteiger partial charge in [0, 0.05) is 0 Å². The molecule has 1 N–H and O–H groups in total. The second-order valence-corrected chi connectivity index (χ2v) is 7.56. The summed E-state index contributed by atoms with van der Waals surface area (Å²) in [5.41, 5.74) is 2.18. The van der Waals surface area contributed by atoms with Crippen LogP contribution >= 0.6 is 0 Å². The normalized spacial score (nSPS) is 11.4. The number of methoxy groups -OCH3 is 1. The van der Waals surface area contributed by atoms with Gasteiger partial charge in [-0.15, -0.1) is 0 Å². The van der Waals surface area contributed by atoms with Gasteiger partial charge in [0.15, 0.2) is 0 Å². The van der Waals surface area contributed by atoms with Crippen LogP contribution in [0.15, 0.2) is 47.4 Å². The molecule has 27 heavy (non-hydrogen) atoms. The van der Waals surface area contributed by atoms with Crippen LogP contribution in [0.5, 0.6) is 0 Å². The van der Waals surface area contributed by atoms with Gasteiger partial charge in [-0.1, -0.05) is 12.1 Å². The van der Waals surface area contributed by atoms with E-state index < -0.39 is 21.9 Å². The minimum absolute atomic E-state index is 0.0657. The molecule has 0 saturated heterocycles. The molecule has 0 aliphatic carbocycles. The Bertz CT molecular complexity index is 1160. The van der Waals surface area contributed by atoms with E-state index in [1.165, 1.54) is 34.8 Å². The van der Waals surface area contributed by atoms with Crippen LogP contribution in [0.3, 0.4) is 0 Å². The number of nitrogens with one attached hydrogen (secondary N) is 1. The average molecular weight is 387 g/mol. The molecule has 1 amide bonds. The summed E-state index contributed by atoms with van der Waals surface area (Å²) in [6, 6.07) is 10.5. The molecule has 0 bridgehead atoms. The Labute approximate surface area is 155 Å². The van der Waals surface area contributed by atoms with Gasteiger partial charge in [-0.05, 0) is 49.7 Å². The minimum Gasteiger partial charge on any atom is -0.465 e. The molecular formula is C18H17N3O5S. The highest BCUT2D eigenvalue weighted by Crippen LogP contribution is 2.18. The molecule has 2 aromatic heterocycles. The van der Waals surface area contributed by atoms with Crippen LogP contribution in [-0.2, 0) is 14.8 Å². The van der Waals surface area contributed by atoms with Crippen LogP contribution in [-0.4, -0.2) is 37.0 Å². The van der Waals surface area contributed by atoms with E-state index in [0.29, 0.717) is 11.2 Å². The monoisotopic (exact) mass is 387 g/mol. The van der Waals surface area contributed by atoms with E-state index in [2.05, 4.69) is 9.84 Å². The van der Waals surface area contributed by atoms with E-state index in [9.17, 15) is 18.0 Å². The molecule has 2 heterocycles. The quantitative estimate of drug-likeness (QED) is 0.685. The van der Waals surface area contributed by atoms with Gasteiger partial charge in [-0.2, -0.15) is 5.10 Å². The van der Waals surface area contributed by atoms with Crippen LogP contribution in [0.25, 0.3) is 5.52 Å². The van der Waals surface area contributed by atoms with Crippen molar-refractivity contribution in [2.45, 2.75) is 18.7 Å². The zero-order chi connectivity index (χ0) is 19.8. The van der Waals surface area contributed by atoms with Gasteiger partial charge in [0.1, 0.15) is 10.6 Å². The lowest BCUT2D eigenvalue weighted by Crippen LogP contribution is -2.32. The number of fused-ring (bicyclic) bond motifs is 1. The predicted molar refractivity (Wildman–Crippen MR) is 97.1 cm³/mol. The molecule has 9 heteroatoms. The number of aryl methyl sites for hydroxylation is 2. The second kappa shape index (κ2) is 6.84. The summed E-state index contributed by atoms with van der Waals surface area (Å²) in [5, 5.41) is 4.27. The minimum atomic E-state index is -4.30. The summed E-state index contributed by atoms with van der Waals surface area (Å²) < 4.78 is 33.3. The summed E-state index contributed by atoms with van der Waals surface area (Å²) in [7, 11) is -3.16. The molecule has 0 spiro atoms. The van der Waals surface area contributed by atoms with E-state index in [1.54, 1.807) is 13.0 Å². The van der Waals surface area contributed by atoms with Gasteiger partial charge in [0.25, 0.3) is 15.9 Å². The molecule has 0 fully saturated rings. The highest BCUT2D eigenvalue weighted by molar-refractivity contribution is 7.90. The lowest BCUT2D eigenvalue weighted by molar-refractivity contribution is 0.0596. The smallest absolute Gasteiger partial charge is 0.339 e. The third-order valence-corrected chi connectivity index (χ3v) is 5.37. The Hall–Kier alpha value is -3.20. The van der Waals surface area contributed by atoms with Crippen molar-refractivity contribution in [3.8, 4) is 0 Å². The van der Waals surface area contributed by atoms with Crippen LogP contribution in [0, 0.1) is 13.8 Å². The van der Waals surface area contributed by atoms with E-state index in [1.807, 2.05) is 17.7 Å². The Morgan fingerprint density at radius 2 is 1.81 bits per heavy atom. The molecule has 140 valence electrons. The number of benzene rings is 1. The molecule has 8 nitrogen and oxygen atoms in total. The fourth-order valence-corrected chi connectivity index (χ4v) is 3.95. The number of carbonyl (C=O) groups is 2. The second-order valence-electron chi connectivity index (χ2n) is 5.91. The van der Waals surface area contributed by atoms with Gasteiger partial charge >= 0.3 is 5.97 Å². The average Bonchev–Trinajstić information content (AvgIpc) is 3.05. The number of ether oxygens (including phenoxy) is 1. The van der Waals surface area contributed by atoms with Gasteiger partial charge < -0.3 is 4.74 Å². The number of hydrogen-bond donors (Lipinski definition) is 1. The number of rotatable bonds is 4. The maximum atomic E-state index is 12.7. The highest BCUT2D eigenvalue weighted by atomic mass is 32.2. The Morgan fingerprint density at radius 1 is 1.11 bits per heavy atom. The van der Waals surface area contributed by atoms with Crippen molar-refractivity contribution in [3.05, 3.63) is 65.0 Å². The largest absolute Gasteiger partial charge is 0.465 e. The van der Waals surface area contributed by atoms with E-state index >= 15 is 0 Å². The first-order valence-corrected chi connectivity index (χ1v) is 9.43. The Balaban J connectivity index is 2.01. The molecule has 0 radical (unpaired) electrons. The summed E-state index contributed by atoms with van der Waals surface area (Å²) in [6.45, 7) is 3.65. The van der Waals surface area contributed by atoms with Gasteiger partial charge in [-0.25, -0.2) is 22.4 Å². The van der Waals surface area contributed by atoms with Crippen LogP contribution in [0.4, 0.5) is 0 Å². The topological polar surface area (TPSA) is 107 Å². The fourth-order valence-electron chi connectivity index (χ4n) is 2.79. The fraction of sp³-hybridized carbons (Fsp3) is 0.167. The number of nitrogens with zero attached hydrogens (tertiary/aromatic N) is 2. The summed E-state index contributed by atoms with van der Waals surface area (Å²) >= 11 is 0. The van der Waals surface area contributed by atoms with Gasteiger partial charge in [0.05, 0.1) is 23.9 Å². The van der Waals surface area contributed by atoms with Crippen molar-refractivity contribution in [2.24, 2.45) is 0 Å². The standard InChI is InChI=1S/C18H17N3O5S/c1-11-10-12(2)19-21-14(11)8-9-15(21)17(22)20-27(24,25)16-7-5-4-6-13(16)18(23)26-3/h4-10H,1-3H3,(H,20,22). The molecular weight excluding hydrogens is 370 g/mol. The lowest BCUT2D eigenvalue weighted by atomic mass is 10.2. The highest BCUT2D eigenvalue weighted by Gasteiger charge is 2.26. The van der Waals surface area contributed by atoms with Crippen LogP contribution in [0.1, 0.15) is 32.1 Å². The maximum absolute atomic E-state index is 12.7. The van der Waals surface area contributed by atoms with E-state index in [4.69, 9.17) is 0 Å². The van der Waals surface area contributed by atoms with Crippen molar-refractivity contribution in [1.29, 1.82) is 0 Å². The van der Waals surface area contributed by atoms with Crippen molar-refractivity contribution < 1.29 is 22.7 Å². The third-order valence-electron chi connectivity index (χ3n) is 3.98. The lowest BCUT2D eigenvalue weighted by Gasteiger charge is -2.10. The van der Waals surface area contributed by atoms with E-state index in [-0.39, 0.29) is 16.2 Å². The summed E-state index contributed by atoms with van der Waals surface area (Å²) in [4.78, 5) is 24.1. The maximum Gasteiger partial charge on any atom is 0.339 e. The number of aromatic nitrogens is 2. The van der Waals surface area contributed by atoms with E-state index in [0.717, 1.165) is 12.7 Å².